The zero-order valence-electron chi connectivity index (χ0n) is 12.7. The maximum atomic E-state index is 9.10. The number of carboxylic acids is 2. The second kappa shape index (κ2) is 10.0. The first-order valence-electron chi connectivity index (χ1n) is 6.85. The normalized spacial score (nSPS) is 9.61. The van der Waals surface area contributed by atoms with Gasteiger partial charge in [0.1, 0.15) is 11.5 Å². The Kier molecular flexibility index (Phi) is 7.95. The predicted molar refractivity (Wildman–Crippen MR) is 82.4 cm³/mol. The summed E-state index contributed by atoms with van der Waals surface area (Å²) in [6, 6.07) is 12.0. The Bertz CT molecular complexity index is 580. The molecule has 124 valence electrons. The molecule has 0 aliphatic carbocycles. The van der Waals surface area contributed by atoms with Crippen LogP contribution in [-0.2, 0) is 22.6 Å². The Morgan fingerprint density at radius 2 is 1.78 bits per heavy atom. The number of carboxylic acid groups (broad SMARTS) is 2. The number of aliphatic carboxylic acids is 2. The highest BCUT2D eigenvalue weighted by Gasteiger charge is 2.04. The minimum absolute atomic E-state index is 0.781. The van der Waals surface area contributed by atoms with Crippen LogP contribution in [0.4, 0.5) is 0 Å². The van der Waals surface area contributed by atoms with Crippen molar-refractivity contribution in [3.63, 3.8) is 0 Å². The van der Waals surface area contributed by atoms with Crippen molar-refractivity contribution < 1.29 is 29.0 Å². The molecule has 0 saturated carbocycles. The van der Waals surface area contributed by atoms with Crippen molar-refractivity contribution in [2.24, 2.45) is 0 Å². The fourth-order valence-electron chi connectivity index (χ4n) is 1.65. The molecule has 23 heavy (non-hydrogen) atoms. The van der Waals surface area contributed by atoms with Crippen molar-refractivity contribution in [3.8, 4) is 5.75 Å². The number of benzene rings is 1. The van der Waals surface area contributed by atoms with E-state index in [1.165, 1.54) is 5.56 Å². The van der Waals surface area contributed by atoms with Gasteiger partial charge < -0.3 is 24.7 Å². The number of hydrogen-bond acceptors (Lipinski definition) is 5. The van der Waals surface area contributed by atoms with Gasteiger partial charge in [0.05, 0.1) is 19.9 Å². The lowest BCUT2D eigenvalue weighted by Gasteiger charge is -2.04. The van der Waals surface area contributed by atoms with E-state index in [9.17, 15) is 0 Å². The second-order valence-electron chi connectivity index (χ2n) is 4.46. The number of carbonyl (C=O) groups is 2. The number of hydrogen-bond donors (Lipinski definition) is 3. The van der Waals surface area contributed by atoms with Crippen molar-refractivity contribution in [1.29, 1.82) is 0 Å². The van der Waals surface area contributed by atoms with Crippen LogP contribution in [0, 0.1) is 0 Å². The minimum atomic E-state index is -1.82. The van der Waals surface area contributed by atoms with Gasteiger partial charge in [0, 0.05) is 0 Å². The summed E-state index contributed by atoms with van der Waals surface area (Å²) < 4.78 is 10.4. The topological polar surface area (TPSA) is 109 Å². The lowest BCUT2D eigenvalue weighted by molar-refractivity contribution is -0.159. The first-order valence-corrected chi connectivity index (χ1v) is 6.85. The van der Waals surface area contributed by atoms with Gasteiger partial charge in [0.25, 0.3) is 0 Å². The largest absolute Gasteiger partial charge is 0.497 e. The molecule has 0 fully saturated rings. The van der Waals surface area contributed by atoms with Crippen LogP contribution in [-0.4, -0.2) is 35.8 Å². The SMILES string of the molecule is COc1ccc(CCNCc2ccco2)cc1.O=C(O)C(=O)O. The molecule has 1 aromatic heterocycles. The minimum Gasteiger partial charge on any atom is -0.497 e. The molecule has 0 bridgehead atoms. The molecule has 7 heteroatoms. The summed E-state index contributed by atoms with van der Waals surface area (Å²) in [6.45, 7) is 1.72. The Hall–Kier alpha value is -2.80. The number of nitrogens with one attached hydrogen (secondary N) is 1. The van der Waals surface area contributed by atoms with Crippen LogP contribution in [0.2, 0.25) is 0 Å². The molecule has 0 atom stereocenters. The summed E-state index contributed by atoms with van der Waals surface area (Å²) in [5, 5.41) is 18.1. The van der Waals surface area contributed by atoms with Gasteiger partial charge in [-0.15, -0.1) is 0 Å². The van der Waals surface area contributed by atoms with E-state index in [0.717, 1.165) is 31.0 Å². The van der Waals surface area contributed by atoms with Crippen molar-refractivity contribution >= 4 is 11.9 Å². The van der Waals surface area contributed by atoms with Crippen LogP contribution in [0.25, 0.3) is 0 Å². The van der Waals surface area contributed by atoms with E-state index in [0.29, 0.717) is 0 Å². The highest BCUT2D eigenvalue weighted by Crippen LogP contribution is 2.11. The zero-order valence-corrected chi connectivity index (χ0v) is 12.7. The van der Waals surface area contributed by atoms with Crippen LogP contribution < -0.4 is 10.1 Å². The van der Waals surface area contributed by atoms with Gasteiger partial charge in [-0.05, 0) is 42.8 Å². The van der Waals surface area contributed by atoms with Gasteiger partial charge in [-0.25, -0.2) is 9.59 Å². The van der Waals surface area contributed by atoms with Gasteiger partial charge in [-0.2, -0.15) is 0 Å². The summed E-state index contributed by atoms with van der Waals surface area (Å²) in [5.74, 6) is -1.78. The van der Waals surface area contributed by atoms with Crippen LogP contribution in [0.15, 0.2) is 47.1 Å². The number of furan rings is 1. The third-order valence-electron chi connectivity index (χ3n) is 2.81. The van der Waals surface area contributed by atoms with E-state index < -0.39 is 11.9 Å². The average molecular weight is 321 g/mol. The lowest BCUT2D eigenvalue weighted by Crippen LogP contribution is -2.16. The summed E-state index contributed by atoms with van der Waals surface area (Å²) >= 11 is 0. The van der Waals surface area contributed by atoms with Crippen molar-refractivity contribution in [1.82, 2.24) is 5.32 Å². The first-order chi connectivity index (χ1) is 11.0. The van der Waals surface area contributed by atoms with Crippen molar-refractivity contribution in [3.05, 3.63) is 54.0 Å². The molecule has 2 aromatic rings. The number of methoxy groups -OCH3 is 1. The fraction of sp³-hybridized carbons (Fsp3) is 0.250. The van der Waals surface area contributed by atoms with E-state index in [1.54, 1.807) is 13.4 Å². The average Bonchev–Trinajstić information content (AvgIpc) is 3.06. The highest BCUT2D eigenvalue weighted by atomic mass is 16.5. The van der Waals surface area contributed by atoms with Crippen LogP contribution in [0.5, 0.6) is 5.75 Å². The molecule has 0 spiro atoms. The van der Waals surface area contributed by atoms with E-state index in [4.69, 9.17) is 29.0 Å². The van der Waals surface area contributed by atoms with E-state index >= 15 is 0 Å². The van der Waals surface area contributed by atoms with Gasteiger partial charge in [-0.1, -0.05) is 12.1 Å². The molecule has 1 aromatic carbocycles. The summed E-state index contributed by atoms with van der Waals surface area (Å²) in [5.41, 5.74) is 1.30. The summed E-state index contributed by atoms with van der Waals surface area (Å²) in [7, 11) is 1.68. The van der Waals surface area contributed by atoms with Crippen molar-refractivity contribution in [2.45, 2.75) is 13.0 Å². The standard InChI is InChI=1S/C14H17NO2.C2H2O4/c1-16-13-6-4-12(5-7-13)8-9-15-11-14-3-2-10-17-14;3-1(4)2(5)6/h2-7,10,15H,8-9,11H2,1H3;(H,3,4)(H,5,6). The van der Waals surface area contributed by atoms with Gasteiger partial charge in [0.2, 0.25) is 0 Å². The van der Waals surface area contributed by atoms with Crippen LogP contribution in [0.1, 0.15) is 11.3 Å². The molecule has 0 radical (unpaired) electrons. The Morgan fingerprint density at radius 1 is 1.13 bits per heavy atom. The Balaban J connectivity index is 0.000000379. The molecule has 0 aliphatic heterocycles. The molecule has 7 nitrogen and oxygen atoms in total. The first kappa shape index (κ1) is 18.2. The van der Waals surface area contributed by atoms with E-state index in [1.807, 2.05) is 24.3 Å². The maximum Gasteiger partial charge on any atom is 0.414 e. The maximum absolute atomic E-state index is 9.10. The Morgan fingerprint density at radius 3 is 2.26 bits per heavy atom. The lowest BCUT2D eigenvalue weighted by atomic mass is 10.1. The summed E-state index contributed by atoms with van der Waals surface area (Å²) in [4.78, 5) is 18.2. The van der Waals surface area contributed by atoms with E-state index in [2.05, 4.69) is 17.4 Å². The highest BCUT2D eigenvalue weighted by molar-refractivity contribution is 6.27. The monoisotopic (exact) mass is 321 g/mol. The van der Waals surface area contributed by atoms with Gasteiger partial charge >= 0.3 is 11.9 Å². The summed E-state index contributed by atoms with van der Waals surface area (Å²) in [6.07, 6.45) is 2.70. The number of rotatable bonds is 6. The molecule has 0 unspecified atom stereocenters. The molecule has 1 heterocycles. The predicted octanol–water partition coefficient (Wildman–Crippen LogP) is 1.78. The van der Waals surface area contributed by atoms with Gasteiger partial charge in [0.15, 0.2) is 0 Å². The zero-order chi connectivity index (χ0) is 17.1. The van der Waals surface area contributed by atoms with Gasteiger partial charge in [-0.3, -0.25) is 0 Å². The molecule has 0 aliphatic rings. The second-order valence-corrected chi connectivity index (χ2v) is 4.46. The molecular formula is C16H19NO6. The van der Waals surface area contributed by atoms with Crippen LogP contribution in [0.3, 0.4) is 0 Å². The van der Waals surface area contributed by atoms with Crippen LogP contribution >= 0.6 is 0 Å². The third kappa shape index (κ3) is 7.68. The molecule has 0 saturated heterocycles. The molecule has 0 amide bonds. The molecule has 3 N–H and O–H groups in total. The van der Waals surface area contributed by atoms with Crippen molar-refractivity contribution in [2.75, 3.05) is 13.7 Å². The third-order valence-corrected chi connectivity index (χ3v) is 2.81. The Labute approximate surface area is 133 Å². The fourth-order valence-corrected chi connectivity index (χ4v) is 1.65. The number of ether oxygens (including phenoxy) is 1. The smallest absolute Gasteiger partial charge is 0.414 e. The molecule has 2 rings (SSSR count). The molecular weight excluding hydrogens is 302 g/mol. The quantitative estimate of drug-likeness (QED) is 0.549. The van der Waals surface area contributed by atoms with E-state index in [-0.39, 0.29) is 0 Å².